The minimum absolute atomic E-state index is 0.0656. The number of ether oxygens (including phenoxy) is 1. The van der Waals surface area contributed by atoms with Gasteiger partial charge in [0.2, 0.25) is 11.9 Å². The fraction of sp³-hybridized carbons (Fsp3) is 0.526. The van der Waals surface area contributed by atoms with E-state index in [0.29, 0.717) is 51.8 Å². The van der Waals surface area contributed by atoms with Gasteiger partial charge in [-0.3, -0.25) is 24.0 Å². The van der Waals surface area contributed by atoms with Gasteiger partial charge in [0.25, 0.3) is 12.0 Å². The SMILES string of the molecule is Cc1cc2n(n1)CCN(C(=O)[C@@]13COC[C@@H]1CN(c1cc(=O)[nH]c(N)n1)C3)C2.O=CO. The fourth-order valence-electron chi connectivity index (χ4n) is 4.74. The first kappa shape index (κ1) is 20.8. The Hall–Kier alpha value is -3.41. The monoisotopic (exact) mass is 431 g/mol. The molecule has 2 atom stereocenters. The van der Waals surface area contributed by atoms with Crippen molar-refractivity contribution >= 4 is 24.1 Å². The predicted octanol–water partition coefficient (Wildman–Crippen LogP) is -0.947. The van der Waals surface area contributed by atoms with Crippen molar-refractivity contribution in [2.45, 2.75) is 20.0 Å². The van der Waals surface area contributed by atoms with Gasteiger partial charge in [0.15, 0.2) is 0 Å². The average Bonchev–Trinajstić information content (AvgIpc) is 3.38. The van der Waals surface area contributed by atoms with E-state index in [1.165, 1.54) is 6.07 Å². The van der Waals surface area contributed by atoms with Gasteiger partial charge in [-0.2, -0.15) is 10.1 Å². The largest absolute Gasteiger partial charge is 0.483 e. The lowest BCUT2D eigenvalue weighted by atomic mass is 9.79. The van der Waals surface area contributed by atoms with Crippen LogP contribution in [0.4, 0.5) is 11.8 Å². The minimum atomic E-state index is -0.615. The number of hydrogen-bond acceptors (Lipinski definition) is 8. The number of hydrogen-bond donors (Lipinski definition) is 3. The van der Waals surface area contributed by atoms with E-state index in [1.807, 2.05) is 27.5 Å². The molecular weight excluding hydrogens is 406 g/mol. The molecule has 5 heterocycles. The van der Waals surface area contributed by atoms with Crippen molar-refractivity contribution in [2.24, 2.45) is 11.3 Å². The highest BCUT2D eigenvalue weighted by molar-refractivity contribution is 5.85. The Morgan fingerprint density at radius 1 is 1.42 bits per heavy atom. The Kier molecular flexibility index (Phi) is 5.39. The molecule has 2 aromatic rings. The van der Waals surface area contributed by atoms with Crippen molar-refractivity contribution in [3.8, 4) is 0 Å². The van der Waals surface area contributed by atoms with Crippen molar-refractivity contribution in [3.05, 3.63) is 33.9 Å². The molecule has 2 saturated heterocycles. The molecule has 166 valence electrons. The van der Waals surface area contributed by atoms with Crippen molar-refractivity contribution in [1.82, 2.24) is 24.6 Å². The number of nitrogens with zero attached hydrogens (tertiary/aromatic N) is 5. The van der Waals surface area contributed by atoms with E-state index >= 15 is 0 Å². The molecule has 12 nitrogen and oxygen atoms in total. The highest BCUT2D eigenvalue weighted by Crippen LogP contribution is 2.44. The summed E-state index contributed by atoms with van der Waals surface area (Å²) in [5.74, 6) is 0.766. The third kappa shape index (κ3) is 3.74. The average molecular weight is 431 g/mol. The Morgan fingerprint density at radius 2 is 2.19 bits per heavy atom. The van der Waals surface area contributed by atoms with Gasteiger partial charge in [-0.05, 0) is 13.0 Å². The molecule has 2 fully saturated rings. The third-order valence-corrected chi connectivity index (χ3v) is 6.08. The number of rotatable bonds is 2. The van der Waals surface area contributed by atoms with Gasteiger partial charge in [0.05, 0.1) is 43.1 Å². The number of nitrogens with one attached hydrogen (secondary N) is 1. The molecule has 0 saturated carbocycles. The number of H-pyrrole nitrogens is 1. The van der Waals surface area contributed by atoms with E-state index in [-0.39, 0.29) is 29.8 Å². The summed E-state index contributed by atoms with van der Waals surface area (Å²) in [6.45, 7) is 5.63. The summed E-state index contributed by atoms with van der Waals surface area (Å²) in [6.07, 6.45) is 0. The molecule has 31 heavy (non-hydrogen) atoms. The first-order valence-corrected chi connectivity index (χ1v) is 9.96. The Morgan fingerprint density at radius 3 is 2.94 bits per heavy atom. The molecule has 0 aromatic carbocycles. The van der Waals surface area contributed by atoms with Crippen molar-refractivity contribution in [3.63, 3.8) is 0 Å². The first-order chi connectivity index (χ1) is 14.9. The van der Waals surface area contributed by atoms with Crippen LogP contribution in [-0.2, 0) is 27.4 Å². The van der Waals surface area contributed by atoms with Crippen LogP contribution in [0.15, 0.2) is 16.9 Å². The van der Waals surface area contributed by atoms with Gasteiger partial charge in [-0.1, -0.05) is 0 Å². The van der Waals surface area contributed by atoms with Crippen LogP contribution in [0.5, 0.6) is 0 Å². The zero-order valence-electron chi connectivity index (χ0n) is 17.2. The minimum Gasteiger partial charge on any atom is -0.483 e. The summed E-state index contributed by atoms with van der Waals surface area (Å²) in [6, 6.07) is 3.46. The van der Waals surface area contributed by atoms with Crippen molar-refractivity contribution in [2.75, 3.05) is 43.5 Å². The van der Waals surface area contributed by atoms with Gasteiger partial charge in [0, 0.05) is 31.6 Å². The van der Waals surface area contributed by atoms with Crippen LogP contribution in [0, 0.1) is 18.3 Å². The number of nitrogens with two attached hydrogens (primary N) is 1. The second-order valence-corrected chi connectivity index (χ2v) is 8.07. The highest BCUT2D eigenvalue weighted by Gasteiger charge is 2.57. The summed E-state index contributed by atoms with van der Waals surface area (Å²) >= 11 is 0. The lowest BCUT2D eigenvalue weighted by molar-refractivity contribution is -0.144. The Bertz CT molecular complexity index is 1050. The number of aryl methyl sites for hydroxylation is 1. The van der Waals surface area contributed by atoms with Gasteiger partial charge in [-0.25, -0.2) is 0 Å². The number of carboxylic acid groups (broad SMARTS) is 1. The van der Waals surface area contributed by atoms with E-state index in [1.54, 1.807) is 0 Å². The number of aromatic amines is 1. The second kappa shape index (κ2) is 8.02. The molecule has 1 amide bonds. The van der Waals surface area contributed by atoms with Crippen LogP contribution in [0.1, 0.15) is 11.4 Å². The van der Waals surface area contributed by atoms with Gasteiger partial charge in [-0.15, -0.1) is 0 Å². The van der Waals surface area contributed by atoms with Crippen LogP contribution in [0.2, 0.25) is 0 Å². The van der Waals surface area contributed by atoms with E-state index in [4.69, 9.17) is 20.4 Å². The maximum Gasteiger partial charge on any atom is 0.290 e. The lowest BCUT2D eigenvalue weighted by Crippen LogP contribution is -2.51. The molecule has 3 aliphatic heterocycles. The van der Waals surface area contributed by atoms with Gasteiger partial charge < -0.3 is 25.4 Å². The number of aromatic nitrogens is 4. The van der Waals surface area contributed by atoms with Crippen molar-refractivity contribution in [1.29, 1.82) is 0 Å². The topological polar surface area (TPSA) is 160 Å². The molecule has 0 bridgehead atoms. The normalized spacial score (nSPS) is 24.2. The summed E-state index contributed by atoms with van der Waals surface area (Å²) in [5.41, 5.74) is 6.81. The quantitative estimate of drug-likeness (QED) is 0.510. The van der Waals surface area contributed by atoms with Crippen LogP contribution >= 0.6 is 0 Å². The zero-order valence-corrected chi connectivity index (χ0v) is 17.2. The van der Waals surface area contributed by atoms with Crippen LogP contribution in [0.3, 0.4) is 0 Å². The molecule has 3 aliphatic rings. The summed E-state index contributed by atoms with van der Waals surface area (Å²) in [4.78, 5) is 44.4. The molecule has 0 unspecified atom stereocenters. The number of fused-ring (bicyclic) bond motifs is 2. The standard InChI is InChI=1S/C18H23N7O3.CH2O2/c1-11-4-13-7-23(2-3-25(13)22-11)16(27)18-9-24(6-12(18)8-28-10-18)14-5-15(26)21-17(19)20-14;2-1-3/h4-5,12H,2-3,6-10H2,1H3,(H3,19,20,21,26);1H,(H,2,3)/t12-,18-;/m0./s1. The van der Waals surface area contributed by atoms with Gasteiger partial charge in [0.1, 0.15) is 5.82 Å². The molecule has 4 N–H and O–H groups in total. The van der Waals surface area contributed by atoms with Crippen LogP contribution < -0.4 is 16.2 Å². The van der Waals surface area contributed by atoms with E-state index in [2.05, 4.69) is 15.1 Å². The first-order valence-electron chi connectivity index (χ1n) is 9.96. The predicted molar refractivity (Wildman–Crippen MR) is 109 cm³/mol. The molecule has 0 radical (unpaired) electrons. The molecule has 0 aliphatic carbocycles. The summed E-state index contributed by atoms with van der Waals surface area (Å²) in [7, 11) is 0. The number of nitrogen functional groups attached to an aromatic ring is 1. The number of carbonyl (C=O) groups is 2. The summed E-state index contributed by atoms with van der Waals surface area (Å²) < 4.78 is 7.70. The second-order valence-electron chi connectivity index (χ2n) is 8.07. The van der Waals surface area contributed by atoms with E-state index in [0.717, 1.165) is 11.4 Å². The molecule has 12 heteroatoms. The summed E-state index contributed by atoms with van der Waals surface area (Å²) in [5, 5.41) is 11.4. The number of amides is 1. The molecule has 2 aromatic heterocycles. The van der Waals surface area contributed by atoms with Crippen molar-refractivity contribution < 1.29 is 19.4 Å². The fourth-order valence-corrected chi connectivity index (χ4v) is 4.74. The van der Waals surface area contributed by atoms with Crippen LogP contribution in [0.25, 0.3) is 0 Å². The maximum absolute atomic E-state index is 13.6. The third-order valence-electron chi connectivity index (χ3n) is 6.08. The Labute approximate surface area is 177 Å². The maximum atomic E-state index is 13.6. The zero-order chi connectivity index (χ0) is 22.2. The highest BCUT2D eigenvalue weighted by atomic mass is 16.5. The molecule has 0 spiro atoms. The number of anilines is 2. The van der Waals surface area contributed by atoms with E-state index < -0.39 is 5.41 Å². The molecular formula is C19H25N7O5. The van der Waals surface area contributed by atoms with Crippen LogP contribution in [-0.4, -0.2) is 75.0 Å². The number of carbonyl (C=O) groups excluding carboxylic acids is 1. The van der Waals surface area contributed by atoms with Gasteiger partial charge >= 0.3 is 0 Å². The Balaban J connectivity index is 0.000000730. The molecule has 5 rings (SSSR count). The smallest absolute Gasteiger partial charge is 0.290 e. The van der Waals surface area contributed by atoms with E-state index in [9.17, 15) is 9.59 Å². The lowest BCUT2D eigenvalue weighted by Gasteiger charge is -2.35.